The Labute approximate surface area is 193 Å². The maximum Gasteiger partial charge on any atom is 0.255 e. The summed E-state index contributed by atoms with van der Waals surface area (Å²) in [5, 5.41) is 5.27. The maximum absolute atomic E-state index is 13.1. The van der Waals surface area contributed by atoms with Crippen molar-refractivity contribution < 1.29 is 22.8 Å². The zero-order valence-electron chi connectivity index (χ0n) is 18.5. The fourth-order valence-corrected chi connectivity index (χ4v) is 5.41. The van der Waals surface area contributed by atoms with E-state index < -0.39 is 27.7 Å². The molecule has 3 rings (SSSR count). The van der Waals surface area contributed by atoms with Gasteiger partial charge in [0.2, 0.25) is 15.9 Å². The Morgan fingerprint density at radius 3 is 2.39 bits per heavy atom. The summed E-state index contributed by atoms with van der Waals surface area (Å²) >= 11 is 0. The van der Waals surface area contributed by atoms with Gasteiger partial charge in [-0.15, -0.1) is 0 Å². The van der Waals surface area contributed by atoms with E-state index in [0.29, 0.717) is 18.7 Å². The van der Waals surface area contributed by atoms with E-state index in [2.05, 4.69) is 10.6 Å². The summed E-state index contributed by atoms with van der Waals surface area (Å²) in [6.07, 6.45) is 2.63. The second-order valence-corrected chi connectivity index (χ2v) is 9.82. The van der Waals surface area contributed by atoms with E-state index in [1.54, 1.807) is 37.3 Å². The highest BCUT2D eigenvalue weighted by Crippen LogP contribution is 2.25. The van der Waals surface area contributed by atoms with Gasteiger partial charge in [-0.25, -0.2) is 8.42 Å². The average Bonchev–Trinajstić information content (AvgIpc) is 2.79. The fraction of sp³-hybridized carbons (Fsp3) is 0.348. The van der Waals surface area contributed by atoms with Gasteiger partial charge in [-0.3, -0.25) is 14.4 Å². The Morgan fingerprint density at radius 2 is 1.70 bits per heavy atom. The zero-order valence-corrected chi connectivity index (χ0v) is 19.3. The summed E-state index contributed by atoms with van der Waals surface area (Å²) in [5.41, 5.74) is 6.29. The SMILES string of the molecule is Cc1ccc(C(=O)Nc2ccccc2C(=O)NCCC(N)=O)cc1S(=O)(=O)N1CCCCC1. The summed E-state index contributed by atoms with van der Waals surface area (Å²) < 4.78 is 27.7. The van der Waals surface area contributed by atoms with Crippen LogP contribution in [0.5, 0.6) is 0 Å². The molecule has 10 heteroatoms. The van der Waals surface area contributed by atoms with Crippen LogP contribution in [0.2, 0.25) is 0 Å². The summed E-state index contributed by atoms with van der Waals surface area (Å²) in [5.74, 6) is -1.54. The van der Waals surface area contributed by atoms with Gasteiger partial charge in [0.05, 0.1) is 16.1 Å². The van der Waals surface area contributed by atoms with Gasteiger partial charge in [0, 0.05) is 31.6 Å². The number of hydrogen-bond donors (Lipinski definition) is 3. The standard InChI is InChI=1S/C23H28N4O5S/c1-16-9-10-17(15-20(16)33(31,32)27-13-5-2-6-14-27)22(29)26-19-8-4-3-7-18(19)23(30)25-12-11-21(24)28/h3-4,7-10,15H,2,5-6,11-14H2,1H3,(H2,24,28)(H,25,30)(H,26,29). The number of nitrogens with zero attached hydrogens (tertiary/aromatic N) is 1. The van der Waals surface area contributed by atoms with E-state index in [1.165, 1.54) is 16.4 Å². The molecule has 0 atom stereocenters. The Balaban J connectivity index is 1.81. The number of piperidine rings is 1. The molecule has 0 radical (unpaired) electrons. The van der Waals surface area contributed by atoms with Gasteiger partial charge >= 0.3 is 0 Å². The average molecular weight is 473 g/mol. The second-order valence-electron chi connectivity index (χ2n) is 7.92. The van der Waals surface area contributed by atoms with Crippen LogP contribution in [0.4, 0.5) is 5.69 Å². The summed E-state index contributed by atoms with van der Waals surface area (Å²) in [6.45, 7) is 2.71. The lowest BCUT2D eigenvalue weighted by atomic mass is 10.1. The van der Waals surface area contributed by atoms with Gasteiger partial charge in [-0.05, 0) is 49.6 Å². The van der Waals surface area contributed by atoms with Crippen LogP contribution in [0.3, 0.4) is 0 Å². The Hall–Kier alpha value is -3.24. The first-order valence-corrected chi connectivity index (χ1v) is 12.2. The lowest BCUT2D eigenvalue weighted by molar-refractivity contribution is -0.117. The molecule has 9 nitrogen and oxygen atoms in total. The number of primary amides is 1. The molecule has 1 fully saturated rings. The van der Waals surface area contributed by atoms with Gasteiger partial charge in [0.1, 0.15) is 0 Å². The number of rotatable bonds is 8. The lowest BCUT2D eigenvalue weighted by Gasteiger charge is -2.26. The van der Waals surface area contributed by atoms with E-state index in [-0.39, 0.29) is 34.7 Å². The molecule has 3 amide bonds. The van der Waals surface area contributed by atoms with E-state index in [4.69, 9.17) is 5.73 Å². The van der Waals surface area contributed by atoms with Crippen LogP contribution < -0.4 is 16.4 Å². The third kappa shape index (κ3) is 5.96. The van der Waals surface area contributed by atoms with Crippen molar-refractivity contribution in [1.82, 2.24) is 9.62 Å². The van der Waals surface area contributed by atoms with Crippen LogP contribution in [0.15, 0.2) is 47.4 Å². The van der Waals surface area contributed by atoms with Crippen LogP contribution in [-0.4, -0.2) is 50.1 Å². The van der Waals surface area contributed by atoms with Gasteiger partial charge in [-0.1, -0.05) is 24.6 Å². The molecular formula is C23H28N4O5S. The first kappa shape index (κ1) is 24.4. The van der Waals surface area contributed by atoms with Gasteiger partial charge in [-0.2, -0.15) is 4.31 Å². The molecule has 0 saturated carbocycles. The molecule has 0 bridgehead atoms. The number of carbonyl (C=O) groups is 3. The number of hydrogen-bond acceptors (Lipinski definition) is 5. The van der Waals surface area contributed by atoms with E-state index in [9.17, 15) is 22.8 Å². The number of nitrogens with two attached hydrogens (primary N) is 1. The highest BCUT2D eigenvalue weighted by Gasteiger charge is 2.28. The molecular weight excluding hydrogens is 444 g/mol. The second kappa shape index (κ2) is 10.6. The van der Waals surface area contributed by atoms with Crippen molar-refractivity contribution in [2.45, 2.75) is 37.5 Å². The zero-order chi connectivity index (χ0) is 24.0. The number of para-hydroxylation sites is 1. The third-order valence-electron chi connectivity index (χ3n) is 5.46. The van der Waals surface area contributed by atoms with Gasteiger partial charge in [0.25, 0.3) is 11.8 Å². The normalized spacial score (nSPS) is 14.5. The monoisotopic (exact) mass is 472 g/mol. The molecule has 1 heterocycles. The van der Waals surface area contributed by atoms with E-state index in [0.717, 1.165) is 19.3 Å². The molecule has 2 aromatic rings. The largest absolute Gasteiger partial charge is 0.370 e. The first-order valence-electron chi connectivity index (χ1n) is 10.8. The van der Waals surface area contributed by atoms with Crippen molar-refractivity contribution >= 4 is 33.4 Å². The molecule has 1 saturated heterocycles. The Bertz CT molecular complexity index is 1160. The van der Waals surface area contributed by atoms with Crippen molar-refractivity contribution in [3.8, 4) is 0 Å². The number of anilines is 1. The molecule has 0 aromatic heterocycles. The van der Waals surface area contributed by atoms with Crippen molar-refractivity contribution in [3.63, 3.8) is 0 Å². The van der Waals surface area contributed by atoms with Gasteiger partial charge < -0.3 is 16.4 Å². The third-order valence-corrected chi connectivity index (χ3v) is 7.50. The molecule has 1 aliphatic rings. The molecule has 0 spiro atoms. The highest BCUT2D eigenvalue weighted by atomic mass is 32.2. The molecule has 33 heavy (non-hydrogen) atoms. The summed E-state index contributed by atoms with van der Waals surface area (Å²) in [6, 6.07) is 11.0. The summed E-state index contributed by atoms with van der Waals surface area (Å²) in [4.78, 5) is 36.4. The molecule has 0 aliphatic carbocycles. The molecule has 0 unspecified atom stereocenters. The predicted octanol–water partition coefficient (Wildman–Crippen LogP) is 2.03. The minimum Gasteiger partial charge on any atom is -0.370 e. The summed E-state index contributed by atoms with van der Waals surface area (Å²) in [7, 11) is -3.71. The molecule has 176 valence electrons. The maximum atomic E-state index is 13.1. The van der Waals surface area contributed by atoms with Crippen molar-refractivity contribution in [2.24, 2.45) is 5.73 Å². The van der Waals surface area contributed by atoms with Gasteiger partial charge in [0.15, 0.2) is 0 Å². The van der Waals surface area contributed by atoms with Crippen LogP contribution in [-0.2, 0) is 14.8 Å². The molecule has 1 aliphatic heterocycles. The highest BCUT2D eigenvalue weighted by molar-refractivity contribution is 7.89. The topological polar surface area (TPSA) is 139 Å². The number of benzene rings is 2. The van der Waals surface area contributed by atoms with Crippen molar-refractivity contribution in [1.29, 1.82) is 0 Å². The van der Waals surface area contributed by atoms with Crippen LogP contribution >= 0.6 is 0 Å². The fourth-order valence-electron chi connectivity index (χ4n) is 3.64. The number of amides is 3. The predicted molar refractivity (Wildman–Crippen MR) is 124 cm³/mol. The van der Waals surface area contributed by atoms with E-state index in [1.807, 2.05) is 0 Å². The molecule has 2 aromatic carbocycles. The molecule has 4 N–H and O–H groups in total. The Morgan fingerprint density at radius 1 is 1.00 bits per heavy atom. The van der Waals surface area contributed by atoms with Crippen LogP contribution in [0.1, 0.15) is 52.0 Å². The van der Waals surface area contributed by atoms with Crippen LogP contribution in [0, 0.1) is 6.92 Å². The minimum atomic E-state index is -3.71. The van der Waals surface area contributed by atoms with Crippen molar-refractivity contribution in [2.75, 3.05) is 25.0 Å². The number of aryl methyl sites for hydroxylation is 1. The first-order chi connectivity index (χ1) is 15.7. The van der Waals surface area contributed by atoms with Crippen molar-refractivity contribution in [3.05, 3.63) is 59.2 Å². The Kier molecular flexibility index (Phi) is 7.83. The number of carbonyl (C=O) groups excluding carboxylic acids is 3. The van der Waals surface area contributed by atoms with E-state index >= 15 is 0 Å². The number of sulfonamides is 1. The lowest BCUT2D eigenvalue weighted by Crippen LogP contribution is -2.36. The quantitative estimate of drug-likeness (QED) is 0.540. The smallest absolute Gasteiger partial charge is 0.255 e. The van der Waals surface area contributed by atoms with Crippen LogP contribution in [0.25, 0.3) is 0 Å². The minimum absolute atomic E-state index is 0.00208. The number of nitrogens with one attached hydrogen (secondary N) is 2.